The molecule has 2 unspecified atom stereocenters. The summed E-state index contributed by atoms with van der Waals surface area (Å²) in [6.07, 6.45) is -0.936. The molecule has 28 heavy (non-hydrogen) atoms. The van der Waals surface area contributed by atoms with Gasteiger partial charge in [0.05, 0.1) is 48.9 Å². The molecule has 0 bridgehead atoms. The number of Topliss-reactive ketones (excluding diaryl/α,β-unsaturated/α-hetero) is 1. The highest BCUT2D eigenvalue weighted by atomic mass is 79.9. The summed E-state index contributed by atoms with van der Waals surface area (Å²) in [6.45, 7) is 2.41. The van der Waals surface area contributed by atoms with Crippen molar-refractivity contribution in [3.8, 4) is 0 Å². The highest BCUT2D eigenvalue weighted by molar-refractivity contribution is 9.10. The number of halogens is 3. The van der Waals surface area contributed by atoms with Gasteiger partial charge in [0, 0.05) is 6.54 Å². The van der Waals surface area contributed by atoms with Crippen molar-refractivity contribution in [1.29, 1.82) is 0 Å². The minimum absolute atomic E-state index is 0.0518. The monoisotopic (exact) mass is 463 g/mol. The summed E-state index contributed by atoms with van der Waals surface area (Å²) in [7, 11) is 1.26. The van der Waals surface area contributed by atoms with Crippen molar-refractivity contribution in [2.45, 2.75) is 24.3 Å². The number of nitrogens with zero attached hydrogens (tertiary/aromatic N) is 1. The van der Waals surface area contributed by atoms with E-state index in [-0.39, 0.29) is 31.7 Å². The van der Waals surface area contributed by atoms with Crippen LogP contribution in [0, 0.1) is 11.6 Å². The number of benzene rings is 1. The van der Waals surface area contributed by atoms with Crippen LogP contribution in [0.15, 0.2) is 12.1 Å². The van der Waals surface area contributed by atoms with Gasteiger partial charge in [-0.05, 0) is 25.5 Å². The molecule has 2 rings (SSSR count). The van der Waals surface area contributed by atoms with Crippen LogP contribution in [0.5, 0.6) is 0 Å². The Labute approximate surface area is 169 Å². The second kappa shape index (κ2) is 9.92. The molecular formula is C18H20BrF2NO6. The number of ketones is 1. The van der Waals surface area contributed by atoms with Gasteiger partial charge in [-0.3, -0.25) is 4.79 Å². The molecule has 2 atom stereocenters. The third-order valence-corrected chi connectivity index (χ3v) is 4.92. The average Bonchev–Trinajstić information content (AvgIpc) is 2.66. The fraction of sp³-hybridized carbons (Fsp3) is 0.500. The van der Waals surface area contributed by atoms with E-state index in [4.69, 9.17) is 9.47 Å². The number of carbonyl (C=O) groups is 3. The summed E-state index contributed by atoms with van der Waals surface area (Å²) < 4.78 is 43.5. The maximum absolute atomic E-state index is 14.3. The molecule has 0 N–H and O–H groups in total. The third-order valence-electron chi connectivity index (χ3n) is 4.13. The molecule has 0 saturated carbocycles. The standard InChI is InChI=1S/C18H20BrF2NO6/c1-3-27-17(24)10-6-13(20)15(14(21)7-10)16(23)12(19)8-11-9-22(4-5-28-11)18(25)26-2/h6-7,11-12H,3-5,8-9H2,1-2H3. The summed E-state index contributed by atoms with van der Waals surface area (Å²) in [4.78, 5) is 36.2. The van der Waals surface area contributed by atoms with E-state index in [1.54, 1.807) is 6.92 Å². The minimum atomic E-state index is -1.15. The van der Waals surface area contributed by atoms with Gasteiger partial charge in [0.1, 0.15) is 11.6 Å². The zero-order valence-electron chi connectivity index (χ0n) is 15.4. The summed E-state index contributed by atoms with van der Waals surface area (Å²) in [5.41, 5.74) is -1.07. The number of alkyl halides is 1. The Bertz CT molecular complexity index is 737. The van der Waals surface area contributed by atoms with Crippen molar-refractivity contribution in [3.63, 3.8) is 0 Å². The normalized spacial score (nSPS) is 17.8. The first kappa shape index (κ1) is 22.2. The molecule has 0 radical (unpaired) electrons. The van der Waals surface area contributed by atoms with E-state index in [1.165, 1.54) is 12.0 Å². The van der Waals surface area contributed by atoms with E-state index in [1.807, 2.05) is 0 Å². The second-order valence-electron chi connectivity index (χ2n) is 6.01. The largest absolute Gasteiger partial charge is 0.462 e. The van der Waals surface area contributed by atoms with Gasteiger partial charge in [-0.25, -0.2) is 18.4 Å². The van der Waals surface area contributed by atoms with Crippen LogP contribution in [0.1, 0.15) is 34.1 Å². The zero-order chi connectivity index (χ0) is 20.8. The number of ether oxygens (including phenoxy) is 3. The van der Waals surface area contributed by atoms with Crippen LogP contribution in [-0.2, 0) is 14.2 Å². The first-order valence-electron chi connectivity index (χ1n) is 8.57. The lowest BCUT2D eigenvalue weighted by Gasteiger charge is -2.32. The first-order valence-corrected chi connectivity index (χ1v) is 9.49. The fourth-order valence-electron chi connectivity index (χ4n) is 2.79. The second-order valence-corrected chi connectivity index (χ2v) is 7.12. The number of morpholine rings is 1. The van der Waals surface area contributed by atoms with Crippen molar-refractivity contribution in [3.05, 3.63) is 34.9 Å². The minimum Gasteiger partial charge on any atom is -0.462 e. The Balaban J connectivity index is 2.10. The highest BCUT2D eigenvalue weighted by Crippen LogP contribution is 2.24. The fourth-order valence-corrected chi connectivity index (χ4v) is 3.44. The van der Waals surface area contributed by atoms with Gasteiger partial charge in [0.25, 0.3) is 0 Å². The van der Waals surface area contributed by atoms with Gasteiger partial charge in [0.2, 0.25) is 0 Å². The molecule has 0 aromatic heterocycles. The Hall–Kier alpha value is -2.07. The third kappa shape index (κ3) is 5.26. The van der Waals surface area contributed by atoms with Crippen molar-refractivity contribution >= 4 is 33.8 Å². The van der Waals surface area contributed by atoms with Crippen LogP contribution >= 0.6 is 15.9 Å². The molecule has 154 valence electrons. The van der Waals surface area contributed by atoms with Crippen LogP contribution in [0.2, 0.25) is 0 Å². The first-order chi connectivity index (χ1) is 13.3. The predicted molar refractivity (Wildman–Crippen MR) is 97.7 cm³/mol. The number of hydrogen-bond acceptors (Lipinski definition) is 6. The summed E-state index contributed by atoms with van der Waals surface area (Å²) in [5.74, 6) is -4.02. The van der Waals surface area contributed by atoms with Crippen LogP contribution in [-0.4, -0.2) is 67.1 Å². The predicted octanol–water partition coefficient (Wildman–Crippen LogP) is 2.95. The van der Waals surface area contributed by atoms with Crippen LogP contribution < -0.4 is 0 Å². The van der Waals surface area contributed by atoms with Crippen LogP contribution in [0.25, 0.3) is 0 Å². The van der Waals surface area contributed by atoms with E-state index in [0.717, 1.165) is 12.1 Å². The Morgan fingerprint density at radius 1 is 1.32 bits per heavy atom. The number of methoxy groups -OCH3 is 1. The lowest BCUT2D eigenvalue weighted by Crippen LogP contribution is -2.46. The molecule has 1 fully saturated rings. The Morgan fingerprint density at radius 2 is 1.96 bits per heavy atom. The molecular weight excluding hydrogens is 444 g/mol. The van der Waals surface area contributed by atoms with Crippen LogP contribution in [0.3, 0.4) is 0 Å². The molecule has 1 aliphatic rings. The van der Waals surface area contributed by atoms with Gasteiger partial charge >= 0.3 is 12.1 Å². The lowest BCUT2D eigenvalue weighted by molar-refractivity contribution is -0.0270. The molecule has 1 amide bonds. The Morgan fingerprint density at radius 3 is 2.54 bits per heavy atom. The van der Waals surface area contributed by atoms with Gasteiger partial charge in [-0.1, -0.05) is 15.9 Å². The summed E-state index contributed by atoms with van der Waals surface area (Å²) in [6, 6.07) is 1.54. The van der Waals surface area contributed by atoms with Gasteiger partial charge < -0.3 is 19.1 Å². The summed E-state index contributed by atoms with van der Waals surface area (Å²) in [5, 5.41) is 0. The maximum Gasteiger partial charge on any atom is 0.409 e. The number of esters is 1. The molecule has 10 heteroatoms. The van der Waals surface area contributed by atoms with E-state index < -0.39 is 46.0 Å². The molecule has 1 heterocycles. The average molecular weight is 464 g/mol. The summed E-state index contributed by atoms with van der Waals surface area (Å²) >= 11 is 3.14. The lowest BCUT2D eigenvalue weighted by atomic mass is 10.0. The molecule has 0 spiro atoms. The zero-order valence-corrected chi connectivity index (χ0v) is 17.0. The molecule has 1 aromatic carbocycles. The van der Waals surface area contributed by atoms with E-state index in [2.05, 4.69) is 20.7 Å². The molecule has 0 aliphatic carbocycles. The Kier molecular flexibility index (Phi) is 7.88. The van der Waals surface area contributed by atoms with Gasteiger partial charge in [-0.2, -0.15) is 0 Å². The molecule has 7 nitrogen and oxygen atoms in total. The van der Waals surface area contributed by atoms with Gasteiger partial charge in [-0.15, -0.1) is 0 Å². The van der Waals surface area contributed by atoms with Crippen molar-refractivity contribution in [2.75, 3.05) is 33.4 Å². The topological polar surface area (TPSA) is 82.1 Å². The van der Waals surface area contributed by atoms with E-state index in [9.17, 15) is 23.2 Å². The smallest absolute Gasteiger partial charge is 0.409 e. The van der Waals surface area contributed by atoms with Crippen molar-refractivity contribution < 1.29 is 37.4 Å². The van der Waals surface area contributed by atoms with E-state index >= 15 is 0 Å². The molecule has 1 saturated heterocycles. The quantitative estimate of drug-likeness (QED) is 0.366. The van der Waals surface area contributed by atoms with E-state index in [0.29, 0.717) is 6.54 Å². The number of rotatable bonds is 6. The number of carbonyl (C=O) groups excluding carboxylic acids is 3. The number of amides is 1. The molecule has 1 aliphatic heterocycles. The van der Waals surface area contributed by atoms with Gasteiger partial charge in [0.15, 0.2) is 5.78 Å². The maximum atomic E-state index is 14.3. The van der Waals surface area contributed by atoms with Crippen LogP contribution in [0.4, 0.5) is 13.6 Å². The SMILES string of the molecule is CCOC(=O)c1cc(F)c(C(=O)C(Br)CC2CN(C(=O)OC)CCO2)c(F)c1. The number of hydrogen-bond donors (Lipinski definition) is 0. The van der Waals surface area contributed by atoms with Crippen molar-refractivity contribution in [1.82, 2.24) is 4.90 Å². The highest BCUT2D eigenvalue weighted by Gasteiger charge is 2.31. The van der Waals surface area contributed by atoms with Crippen molar-refractivity contribution in [2.24, 2.45) is 0 Å². The molecule has 1 aromatic rings.